The van der Waals surface area contributed by atoms with Crippen LogP contribution >= 0.6 is 23.1 Å². The summed E-state index contributed by atoms with van der Waals surface area (Å²) in [6, 6.07) is 9.57. The van der Waals surface area contributed by atoms with E-state index >= 15 is 0 Å². The lowest BCUT2D eigenvalue weighted by atomic mass is 10.2. The third-order valence-electron chi connectivity index (χ3n) is 3.03. The van der Waals surface area contributed by atoms with Crippen molar-refractivity contribution in [2.45, 2.75) is 22.9 Å². The molecule has 21 heavy (non-hydrogen) atoms. The molecule has 1 aliphatic carbocycles. The smallest absolute Gasteiger partial charge is 0.229 e. The zero-order chi connectivity index (χ0) is 14.7. The third-order valence-corrected chi connectivity index (χ3v) is 5.07. The highest BCUT2D eigenvalue weighted by Gasteiger charge is 2.30. The second-order valence-electron chi connectivity index (χ2n) is 4.73. The van der Waals surface area contributed by atoms with E-state index in [1.807, 2.05) is 12.1 Å². The molecule has 106 valence electrons. The molecule has 0 aliphatic heterocycles. The normalized spacial score (nSPS) is 13.7. The van der Waals surface area contributed by atoms with E-state index in [2.05, 4.69) is 21.6 Å². The van der Waals surface area contributed by atoms with Gasteiger partial charge >= 0.3 is 0 Å². The number of rotatable bonds is 5. The van der Waals surface area contributed by atoms with Gasteiger partial charge < -0.3 is 5.32 Å². The fourth-order valence-corrected chi connectivity index (χ4v) is 3.40. The Labute approximate surface area is 130 Å². The van der Waals surface area contributed by atoms with Crippen molar-refractivity contribution in [1.29, 1.82) is 5.26 Å². The van der Waals surface area contributed by atoms with Crippen molar-refractivity contribution in [3.8, 4) is 6.07 Å². The molecule has 1 fully saturated rings. The van der Waals surface area contributed by atoms with Crippen LogP contribution in [0.3, 0.4) is 0 Å². The van der Waals surface area contributed by atoms with Crippen LogP contribution in [-0.2, 0) is 10.5 Å². The Bertz CT molecular complexity index is 686. The molecule has 0 bridgehead atoms. The van der Waals surface area contributed by atoms with Crippen molar-refractivity contribution in [3.05, 3.63) is 35.4 Å². The number of nitriles is 1. The molecule has 1 heterocycles. The number of carbonyl (C=O) groups excluding carboxylic acids is 1. The first-order chi connectivity index (χ1) is 10.2. The minimum absolute atomic E-state index is 0.0507. The molecule has 1 N–H and O–H groups in total. The summed E-state index contributed by atoms with van der Waals surface area (Å²) in [4.78, 5) is 11.6. The number of nitrogens with zero attached hydrogens (tertiary/aromatic N) is 3. The zero-order valence-corrected chi connectivity index (χ0v) is 12.7. The van der Waals surface area contributed by atoms with Gasteiger partial charge in [-0.25, -0.2) is 0 Å². The van der Waals surface area contributed by atoms with Crippen molar-refractivity contribution in [3.63, 3.8) is 0 Å². The van der Waals surface area contributed by atoms with Gasteiger partial charge in [-0.1, -0.05) is 35.2 Å². The molecular formula is C14H12N4OS2. The first kappa shape index (κ1) is 14.0. The van der Waals surface area contributed by atoms with E-state index in [9.17, 15) is 4.79 Å². The van der Waals surface area contributed by atoms with Crippen LogP contribution in [0.5, 0.6) is 0 Å². The first-order valence-corrected chi connectivity index (χ1v) is 8.31. The number of hydrogen-bond donors (Lipinski definition) is 1. The van der Waals surface area contributed by atoms with Gasteiger partial charge in [-0.15, -0.1) is 10.2 Å². The first-order valence-electron chi connectivity index (χ1n) is 6.51. The number of hydrogen-bond acceptors (Lipinski definition) is 6. The minimum atomic E-state index is 0.0507. The van der Waals surface area contributed by atoms with Gasteiger partial charge in [0, 0.05) is 11.7 Å². The van der Waals surface area contributed by atoms with E-state index in [1.54, 1.807) is 23.9 Å². The number of benzene rings is 1. The molecule has 0 atom stereocenters. The number of aromatic nitrogens is 2. The monoisotopic (exact) mass is 316 g/mol. The molecule has 0 spiro atoms. The molecule has 2 aromatic rings. The van der Waals surface area contributed by atoms with Gasteiger partial charge in [0.1, 0.15) is 0 Å². The van der Waals surface area contributed by atoms with E-state index in [1.165, 1.54) is 11.3 Å². The molecule has 0 radical (unpaired) electrons. The Kier molecular flexibility index (Phi) is 4.18. The van der Waals surface area contributed by atoms with Gasteiger partial charge in [0.25, 0.3) is 0 Å². The SMILES string of the molecule is N#Cc1ccc(CSc2nnc(NC(=O)C3CC3)s2)cc1. The lowest BCUT2D eigenvalue weighted by molar-refractivity contribution is -0.117. The lowest BCUT2D eigenvalue weighted by Crippen LogP contribution is -2.12. The van der Waals surface area contributed by atoms with Crippen molar-refractivity contribution >= 4 is 34.1 Å². The van der Waals surface area contributed by atoms with Gasteiger partial charge in [-0.3, -0.25) is 4.79 Å². The molecular weight excluding hydrogens is 304 g/mol. The maximum Gasteiger partial charge on any atom is 0.229 e. The number of carbonyl (C=O) groups is 1. The molecule has 0 saturated heterocycles. The van der Waals surface area contributed by atoms with Crippen LogP contribution in [0.4, 0.5) is 5.13 Å². The van der Waals surface area contributed by atoms with Crippen LogP contribution in [-0.4, -0.2) is 16.1 Å². The highest BCUT2D eigenvalue weighted by molar-refractivity contribution is 8.00. The van der Waals surface area contributed by atoms with Gasteiger partial charge in [0.15, 0.2) is 4.34 Å². The molecule has 0 unspecified atom stereocenters. The average molecular weight is 316 g/mol. The van der Waals surface area contributed by atoms with Crippen molar-refractivity contribution < 1.29 is 4.79 Å². The second-order valence-corrected chi connectivity index (χ2v) is 6.93. The summed E-state index contributed by atoms with van der Waals surface area (Å²) in [6.45, 7) is 0. The second kappa shape index (κ2) is 6.24. The standard InChI is InChI=1S/C14H12N4OS2/c15-7-9-1-3-10(4-2-9)8-20-14-18-17-13(21-14)16-12(19)11-5-6-11/h1-4,11H,5-6,8H2,(H,16,17,19). The zero-order valence-electron chi connectivity index (χ0n) is 11.1. The summed E-state index contributed by atoms with van der Waals surface area (Å²) in [5.74, 6) is 0.982. The predicted molar refractivity (Wildman–Crippen MR) is 82.0 cm³/mol. The lowest BCUT2D eigenvalue weighted by Gasteiger charge is -1.98. The van der Waals surface area contributed by atoms with Crippen LogP contribution in [0.15, 0.2) is 28.6 Å². The largest absolute Gasteiger partial charge is 0.300 e. The summed E-state index contributed by atoms with van der Waals surface area (Å²) in [5, 5.41) is 20.1. The van der Waals surface area contributed by atoms with Gasteiger partial charge in [-0.05, 0) is 30.5 Å². The summed E-state index contributed by atoms with van der Waals surface area (Å²) in [5.41, 5.74) is 1.78. The molecule has 3 rings (SSSR count). The average Bonchev–Trinajstić information content (AvgIpc) is 3.27. The van der Waals surface area contributed by atoms with E-state index in [0.717, 1.165) is 28.5 Å². The van der Waals surface area contributed by atoms with Crippen LogP contribution in [0, 0.1) is 17.2 Å². The molecule has 5 nitrogen and oxygen atoms in total. The molecule has 1 aliphatic rings. The number of anilines is 1. The van der Waals surface area contributed by atoms with Crippen molar-refractivity contribution in [2.75, 3.05) is 5.32 Å². The van der Waals surface area contributed by atoms with Crippen molar-refractivity contribution in [1.82, 2.24) is 10.2 Å². The fraction of sp³-hybridized carbons (Fsp3) is 0.286. The maximum atomic E-state index is 11.6. The summed E-state index contributed by atoms with van der Waals surface area (Å²) >= 11 is 2.96. The molecule has 1 amide bonds. The van der Waals surface area contributed by atoms with Crippen molar-refractivity contribution in [2.24, 2.45) is 5.92 Å². The Hall–Kier alpha value is -1.91. The predicted octanol–water partition coefficient (Wildman–Crippen LogP) is 3.05. The Morgan fingerprint density at radius 2 is 2.14 bits per heavy atom. The number of thioether (sulfide) groups is 1. The summed E-state index contributed by atoms with van der Waals surface area (Å²) < 4.78 is 0.824. The highest BCUT2D eigenvalue weighted by Crippen LogP contribution is 2.32. The van der Waals surface area contributed by atoms with E-state index in [0.29, 0.717) is 10.7 Å². The molecule has 1 aromatic carbocycles. The Balaban J connectivity index is 1.54. The quantitative estimate of drug-likeness (QED) is 0.677. The van der Waals surface area contributed by atoms with Gasteiger partial charge in [0.05, 0.1) is 11.6 Å². The summed E-state index contributed by atoms with van der Waals surface area (Å²) in [6.07, 6.45) is 1.95. The van der Waals surface area contributed by atoms with E-state index < -0.39 is 0 Å². The van der Waals surface area contributed by atoms with Crippen LogP contribution in [0.1, 0.15) is 24.0 Å². The number of amides is 1. The van der Waals surface area contributed by atoms with E-state index in [-0.39, 0.29) is 11.8 Å². The highest BCUT2D eigenvalue weighted by atomic mass is 32.2. The number of nitrogens with one attached hydrogen (secondary N) is 1. The van der Waals surface area contributed by atoms with Crippen LogP contribution in [0.25, 0.3) is 0 Å². The Morgan fingerprint density at radius 3 is 2.81 bits per heavy atom. The van der Waals surface area contributed by atoms with E-state index in [4.69, 9.17) is 5.26 Å². The van der Waals surface area contributed by atoms with Crippen LogP contribution in [0.2, 0.25) is 0 Å². The van der Waals surface area contributed by atoms with Gasteiger partial charge in [-0.2, -0.15) is 5.26 Å². The molecule has 1 saturated carbocycles. The maximum absolute atomic E-state index is 11.6. The minimum Gasteiger partial charge on any atom is -0.300 e. The molecule has 7 heteroatoms. The molecule has 1 aromatic heterocycles. The summed E-state index contributed by atoms with van der Waals surface area (Å²) in [7, 11) is 0. The fourth-order valence-electron chi connectivity index (χ4n) is 1.69. The van der Waals surface area contributed by atoms with Gasteiger partial charge in [0.2, 0.25) is 11.0 Å². The Morgan fingerprint density at radius 1 is 1.38 bits per heavy atom. The third kappa shape index (κ3) is 3.80. The van der Waals surface area contributed by atoms with Crippen LogP contribution < -0.4 is 5.32 Å². The topological polar surface area (TPSA) is 78.7 Å².